The summed E-state index contributed by atoms with van der Waals surface area (Å²) in [4.78, 5) is 8.71. The molecule has 0 fully saturated rings. The van der Waals surface area contributed by atoms with Crippen LogP contribution in [-0.2, 0) is 18.7 Å². The van der Waals surface area contributed by atoms with Crippen molar-refractivity contribution in [3.05, 3.63) is 64.2 Å². The molecule has 1 aromatic heterocycles. The van der Waals surface area contributed by atoms with E-state index in [2.05, 4.69) is 20.6 Å². The quantitative estimate of drug-likeness (QED) is 0.229. The van der Waals surface area contributed by atoms with Crippen LogP contribution in [0.2, 0.25) is 5.15 Å². The third-order valence-electron chi connectivity index (χ3n) is 3.71. The number of benzene rings is 1. The molecule has 4 nitrogen and oxygen atoms in total. The SMILES string of the molecule is CCNC(=NCc1ccc(F)cc1CSC)NCCc1ccc(Cl)nc1.I. The molecular weight excluding hydrogens is 498 g/mol. The minimum Gasteiger partial charge on any atom is -0.357 e. The standard InChI is InChI=1S/C19H24ClFN4S.HI/c1-3-22-19(23-9-8-14-4-7-18(20)24-11-14)25-12-15-5-6-17(21)10-16(15)13-26-2;/h4-7,10-11H,3,8-9,12-13H2,1-2H3,(H2,22,23,25);1H. The molecule has 1 heterocycles. The Morgan fingerprint density at radius 1 is 1.22 bits per heavy atom. The van der Waals surface area contributed by atoms with E-state index in [-0.39, 0.29) is 29.8 Å². The zero-order chi connectivity index (χ0) is 18.8. The van der Waals surface area contributed by atoms with Crippen LogP contribution in [0.3, 0.4) is 0 Å². The highest BCUT2D eigenvalue weighted by atomic mass is 127. The Hall–Kier alpha value is -1.06. The van der Waals surface area contributed by atoms with Gasteiger partial charge in [-0.3, -0.25) is 0 Å². The zero-order valence-electron chi connectivity index (χ0n) is 15.5. The van der Waals surface area contributed by atoms with Gasteiger partial charge in [0.1, 0.15) is 11.0 Å². The first-order valence-electron chi connectivity index (χ1n) is 8.51. The Labute approximate surface area is 186 Å². The van der Waals surface area contributed by atoms with Gasteiger partial charge in [0.05, 0.1) is 6.54 Å². The predicted molar refractivity (Wildman–Crippen MR) is 125 cm³/mol. The van der Waals surface area contributed by atoms with Crippen LogP contribution in [0.15, 0.2) is 41.5 Å². The van der Waals surface area contributed by atoms with Gasteiger partial charge in [-0.1, -0.05) is 23.7 Å². The van der Waals surface area contributed by atoms with Gasteiger partial charge in [0.2, 0.25) is 0 Å². The molecular formula is C19H25ClFIN4S. The minimum atomic E-state index is -0.205. The summed E-state index contributed by atoms with van der Waals surface area (Å²) in [5, 5.41) is 7.05. The number of aromatic nitrogens is 1. The van der Waals surface area contributed by atoms with Crippen LogP contribution in [0, 0.1) is 5.82 Å². The summed E-state index contributed by atoms with van der Waals surface area (Å²) in [5.74, 6) is 1.31. The first-order valence-corrected chi connectivity index (χ1v) is 10.3. The highest BCUT2D eigenvalue weighted by Crippen LogP contribution is 2.17. The molecule has 0 aliphatic carbocycles. The van der Waals surface area contributed by atoms with E-state index in [9.17, 15) is 4.39 Å². The lowest BCUT2D eigenvalue weighted by molar-refractivity contribution is 0.625. The van der Waals surface area contributed by atoms with E-state index < -0.39 is 0 Å². The number of nitrogens with one attached hydrogen (secondary N) is 2. The van der Waals surface area contributed by atoms with Gasteiger partial charge >= 0.3 is 0 Å². The van der Waals surface area contributed by atoms with Crippen LogP contribution in [0.5, 0.6) is 0 Å². The van der Waals surface area contributed by atoms with Crippen molar-refractivity contribution >= 4 is 53.3 Å². The maximum atomic E-state index is 13.5. The summed E-state index contributed by atoms with van der Waals surface area (Å²) in [6.45, 7) is 4.04. The van der Waals surface area contributed by atoms with Gasteiger partial charge in [0, 0.05) is 25.0 Å². The highest BCUT2D eigenvalue weighted by Gasteiger charge is 2.05. The first-order chi connectivity index (χ1) is 12.6. The summed E-state index contributed by atoms with van der Waals surface area (Å²) in [6.07, 6.45) is 4.61. The first kappa shape index (κ1) is 24.0. The van der Waals surface area contributed by atoms with Crippen LogP contribution in [0.4, 0.5) is 4.39 Å². The van der Waals surface area contributed by atoms with Crippen molar-refractivity contribution in [2.75, 3.05) is 19.3 Å². The fourth-order valence-corrected chi connectivity index (χ4v) is 3.12. The molecule has 148 valence electrons. The van der Waals surface area contributed by atoms with Crippen molar-refractivity contribution in [2.45, 2.75) is 25.6 Å². The molecule has 0 aliphatic rings. The molecule has 1 aromatic carbocycles. The monoisotopic (exact) mass is 522 g/mol. The summed E-state index contributed by atoms with van der Waals surface area (Å²) < 4.78 is 13.5. The number of pyridine rings is 1. The molecule has 0 atom stereocenters. The van der Waals surface area contributed by atoms with Crippen molar-refractivity contribution in [1.82, 2.24) is 15.6 Å². The van der Waals surface area contributed by atoms with E-state index in [1.54, 1.807) is 30.1 Å². The largest absolute Gasteiger partial charge is 0.357 e. The number of hydrogen-bond donors (Lipinski definition) is 2. The molecule has 0 saturated carbocycles. The fourth-order valence-electron chi connectivity index (χ4n) is 2.42. The summed E-state index contributed by atoms with van der Waals surface area (Å²) in [7, 11) is 0. The van der Waals surface area contributed by atoms with Crippen LogP contribution >= 0.6 is 47.3 Å². The molecule has 0 amide bonds. The van der Waals surface area contributed by atoms with Crippen molar-refractivity contribution < 1.29 is 4.39 Å². The van der Waals surface area contributed by atoms with Gasteiger partial charge in [-0.2, -0.15) is 11.8 Å². The number of halogens is 3. The molecule has 27 heavy (non-hydrogen) atoms. The van der Waals surface area contributed by atoms with E-state index in [1.165, 1.54) is 6.07 Å². The third kappa shape index (κ3) is 8.66. The second-order valence-corrected chi connectivity index (χ2v) is 6.96. The smallest absolute Gasteiger partial charge is 0.191 e. The molecule has 0 saturated heterocycles. The second-order valence-electron chi connectivity index (χ2n) is 5.71. The van der Waals surface area contributed by atoms with Gasteiger partial charge in [-0.25, -0.2) is 14.4 Å². The molecule has 2 aromatic rings. The number of nitrogens with zero attached hydrogens (tertiary/aromatic N) is 2. The molecule has 0 unspecified atom stereocenters. The van der Waals surface area contributed by atoms with E-state index in [0.717, 1.165) is 47.9 Å². The summed E-state index contributed by atoms with van der Waals surface area (Å²) in [5.41, 5.74) is 3.14. The molecule has 2 N–H and O–H groups in total. The molecule has 0 bridgehead atoms. The summed E-state index contributed by atoms with van der Waals surface area (Å²) >= 11 is 7.47. The average Bonchev–Trinajstić information content (AvgIpc) is 2.63. The molecule has 0 spiro atoms. The van der Waals surface area contributed by atoms with Gasteiger partial charge in [0.15, 0.2) is 5.96 Å². The predicted octanol–water partition coefficient (Wildman–Crippen LogP) is 4.65. The van der Waals surface area contributed by atoms with Crippen molar-refractivity contribution in [3.63, 3.8) is 0 Å². The maximum absolute atomic E-state index is 13.5. The highest BCUT2D eigenvalue weighted by molar-refractivity contribution is 14.0. The average molecular weight is 523 g/mol. The van der Waals surface area contributed by atoms with E-state index in [0.29, 0.717) is 11.7 Å². The van der Waals surface area contributed by atoms with E-state index in [1.807, 2.05) is 25.3 Å². The van der Waals surface area contributed by atoms with Gasteiger partial charge in [-0.15, -0.1) is 24.0 Å². The molecule has 0 radical (unpaired) electrons. The molecule has 2 rings (SSSR count). The number of rotatable bonds is 8. The van der Waals surface area contributed by atoms with E-state index >= 15 is 0 Å². The lowest BCUT2D eigenvalue weighted by Gasteiger charge is -2.12. The number of hydrogen-bond acceptors (Lipinski definition) is 3. The zero-order valence-corrected chi connectivity index (χ0v) is 19.4. The Kier molecular flexibility index (Phi) is 11.7. The molecule has 0 aliphatic heterocycles. The fraction of sp³-hybridized carbons (Fsp3) is 0.368. The number of aliphatic imine (C=N–C) groups is 1. The third-order valence-corrected chi connectivity index (χ3v) is 4.54. The molecule has 8 heteroatoms. The Bertz CT molecular complexity index is 728. The van der Waals surface area contributed by atoms with Gasteiger partial charge in [-0.05, 0) is 54.5 Å². The van der Waals surface area contributed by atoms with Crippen LogP contribution in [0.25, 0.3) is 0 Å². The second kappa shape index (κ2) is 13.2. The topological polar surface area (TPSA) is 49.3 Å². The lowest BCUT2D eigenvalue weighted by Crippen LogP contribution is -2.38. The Morgan fingerprint density at radius 2 is 2.04 bits per heavy atom. The van der Waals surface area contributed by atoms with Crippen molar-refractivity contribution in [1.29, 1.82) is 0 Å². The normalized spacial score (nSPS) is 11.0. The Balaban J connectivity index is 0.00000364. The summed E-state index contributed by atoms with van der Waals surface area (Å²) in [6, 6.07) is 8.65. The van der Waals surface area contributed by atoms with Gasteiger partial charge < -0.3 is 10.6 Å². The van der Waals surface area contributed by atoms with Crippen molar-refractivity contribution in [3.8, 4) is 0 Å². The van der Waals surface area contributed by atoms with Crippen LogP contribution in [-0.4, -0.2) is 30.3 Å². The lowest BCUT2D eigenvalue weighted by atomic mass is 10.1. The Morgan fingerprint density at radius 3 is 2.70 bits per heavy atom. The van der Waals surface area contributed by atoms with Crippen LogP contribution in [0.1, 0.15) is 23.6 Å². The van der Waals surface area contributed by atoms with Gasteiger partial charge in [0.25, 0.3) is 0 Å². The minimum absolute atomic E-state index is 0. The maximum Gasteiger partial charge on any atom is 0.191 e. The number of thioether (sulfide) groups is 1. The van der Waals surface area contributed by atoms with E-state index in [4.69, 9.17) is 11.6 Å². The van der Waals surface area contributed by atoms with Crippen molar-refractivity contribution in [2.24, 2.45) is 4.99 Å². The number of guanidine groups is 1. The van der Waals surface area contributed by atoms with Crippen LogP contribution < -0.4 is 10.6 Å².